The first-order chi connectivity index (χ1) is 17.4. The minimum Gasteiger partial charge on any atom is -0.350 e. The van der Waals surface area contributed by atoms with Gasteiger partial charge in [0.05, 0.1) is 22.0 Å². The quantitative estimate of drug-likeness (QED) is 0.325. The zero-order valence-electron chi connectivity index (χ0n) is 18.7. The molecular formula is C25H15Cl3F3N3O3. The number of rotatable bonds is 5. The smallest absolute Gasteiger partial charge is 0.350 e. The molecular weight excluding hydrogens is 554 g/mol. The highest BCUT2D eigenvalue weighted by Gasteiger charge is 2.39. The van der Waals surface area contributed by atoms with Gasteiger partial charge in [-0.1, -0.05) is 46.9 Å². The lowest BCUT2D eigenvalue weighted by Gasteiger charge is -2.16. The normalized spacial score (nSPS) is 13.9. The van der Waals surface area contributed by atoms with Crippen LogP contribution in [-0.2, 0) is 15.8 Å². The van der Waals surface area contributed by atoms with Gasteiger partial charge in [0.25, 0.3) is 17.7 Å². The Kier molecular flexibility index (Phi) is 7.23. The van der Waals surface area contributed by atoms with Crippen LogP contribution in [0.1, 0.15) is 21.5 Å². The standard InChI is InChI=1S/C25H15Cl3F3N3O3/c1-12-5-7-16(11-18(12)27)34-23(36)20(28)21(24(34)37)32-15-4-2-3-13(9-15)22(35)33-19-10-14(25(29,30)31)6-8-17(19)26/h2-11,32H,1H3,(H,33,35). The number of carbonyl (C=O) groups excluding carboxylic acids is 3. The predicted molar refractivity (Wildman–Crippen MR) is 136 cm³/mol. The highest BCUT2D eigenvalue weighted by atomic mass is 35.5. The molecule has 0 saturated heterocycles. The first-order valence-corrected chi connectivity index (χ1v) is 11.6. The molecule has 0 aromatic heterocycles. The molecule has 190 valence electrons. The molecule has 1 aliphatic rings. The molecule has 12 heteroatoms. The minimum atomic E-state index is -4.62. The summed E-state index contributed by atoms with van der Waals surface area (Å²) in [5.74, 6) is -2.25. The maximum Gasteiger partial charge on any atom is 0.416 e. The molecule has 37 heavy (non-hydrogen) atoms. The van der Waals surface area contributed by atoms with Crippen LogP contribution in [0.2, 0.25) is 10.0 Å². The van der Waals surface area contributed by atoms with Crippen LogP contribution in [-0.4, -0.2) is 17.7 Å². The van der Waals surface area contributed by atoms with E-state index in [4.69, 9.17) is 34.8 Å². The van der Waals surface area contributed by atoms with E-state index in [0.717, 1.165) is 28.7 Å². The summed E-state index contributed by atoms with van der Waals surface area (Å²) in [5, 5.41) is 4.99. The number of hydrogen-bond donors (Lipinski definition) is 2. The molecule has 3 aromatic rings. The number of alkyl halides is 3. The van der Waals surface area contributed by atoms with Crippen molar-refractivity contribution in [1.82, 2.24) is 0 Å². The van der Waals surface area contributed by atoms with Gasteiger partial charge in [0.15, 0.2) is 0 Å². The number of nitrogens with zero attached hydrogens (tertiary/aromatic N) is 1. The predicted octanol–water partition coefficient (Wildman–Crippen LogP) is 7.01. The van der Waals surface area contributed by atoms with Crippen LogP contribution < -0.4 is 15.5 Å². The zero-order chi connectivity index (χ0) is 27.1. The Hall–Kier alpha value is -3.53. The average molecular weight is 569 g/mol. The third-order valence-electron chi connectivity index (χ3n) is 5.38. The minimum absolute atomic E-state index is 0.0362. The Morgan fingerprint density at radius 3 is 2.30 bits per heavy atom. The topological polar surface area (TPSA) is 78.5 Å². The molecule has 2 N–H and O–H groups in total. The summed E-state index contributed by atoms with van der Waals surface area (Å²) in [6, 6.07) is 12.9. The number of imide groups is 1. The monoisotopic (exact) mass is 567 g/mol. The number of amides is 3. The van der Waals surface area contributed by atoms with E-state index in [2.05, 4.69) is 10.6 Å². The number of hydrogen-bond acceptors (Lipinski definition) is 4. The van der Waals surface area contributed by atoms with Gasteiger partial charge in [0.2, 0.25) is 0 Å². The molecule has 0 unspecified atom stereocenters. The maximum atomic E-state index is 13.0. The van der Waals surface area contributed by atoms with Crippen LogP contribution in [0.5, 0.6) is 0 Å². The molecule has 0 atom stereocenters. The fourth-order valence-corrected chi connectivity index (χ4v) is 3.99. The van der Waals surface area contributed by atoms with Gasteiger partial charge in [-0.15, -0.1) is 0 Å². The van der Waals surface area contributed by atoms with E-state index in [1.807, 2.05) is 0 Å². The van der Waals surface area contributed by atoms with Gasteiger partial charge >= 0.3 is 6.18 Å². The Morgan fingerprint density at radius 2 is 1.62 bits per heavy atom. The van der Waals surface area contributed by atoms with Crippen LogP contribution in [0, 0.1) is 6.92 Å². The molecule has 3 aromatic carbocycles. The Labute approximate surface area is 223 Å². The second kappa shape index (κ2) is 10.1. The van der Waals surface area contributed by atoms with Crippen molar-refractivity contribution >= 4 is 69.6 Å². The molecule has 0 fully saturated rings. The van der Waals surface area contributed by atoms with Crippen LogP contribution >= 0.6 is 34.8 Å². The summed E-state index contributed by atoms with van der Waals surface area (Å²) < 4.78 is 39.1. The van der Waals surface area contributed by atoms with Crippen molar-refractivity contribution in [3.63, 3.8) is 0 Å². The second-order valence-electron chi connectivity index (χ2n) is 7.92. The van der Waals surface area contributed by atoms with Crippen LogP contribution in [0.3, 0.4) is 0 Å². The number of halogens is 6. The van der Waals surface area contributed by atoms with Gasteiger partial charge in [0, 0.05) is 16.3 Å². The number of carbonyl (C=O) groups is 3. The van der Waals surface area contributed by atoms with E-state index in [-0.39, 0.29) is 38.4 Å². The lowest BCUT2D eigenvalue weighted by Crippen LogP contribution is -2.32. The van der Waals surface area contributed by atoms with E-state index < -0.39 is 29.5 Å². The number of nitrogens with one attached hydrogen (secondary N) is 2. The summed E-state index contributed by atoms with van der Waals surface area (Å²) in [6.45, 7) is 1.77. The van der Waals surface area contributed by atoms with Gasteiger partial charge < -0.3 is 10.6 Å². The molecule has 3 amide bonds. The average Bonchev–Trinajstić information content (AvgIpc) is 3.04. The van der Waals surface area contributed by atoms with Crippen molar-refractivity contribution in [3.05, 3.63) is 98.1 Å². The second-order valence-corrected chi connectivity index (χ2v) is 9.11. The van der Waals surface area contributed by atoms with Crippen LogP contribution in [0.4, 0.5) is 30.2 Å². The molecule has 0 saturated carbocycles. The van der Waals surface area contributed by atoms with Crippen molar-refractivity contribution < 1.29 is 27.6 Å². The zero-order valence-corrected chi connectivity index (χ0v) is 21.0. The third kappa shape index (κ3) is 5.44. The summed E-state index contributed by atoms with van der Waals surface area (Å²) in [6.07, 6.45) is -4.62. The van der Waals surface area contributed by atoms with Gasteiger partial charge in [-0.05, 0) is 61.0 Å². The largest absolute Gasteiger partial charge is 0.416 e. The Bertz CT molecular complexity index is 1490. The Morgan fingerprint density at radius 1 is 0.892 bits per heavy atom. The third-order valence-corrected chi connectivity index (χ3v) is 6.46. The van der Waals surface area contributed by atoms with E-state index in [0.29, 0.717) is 5.02 Å². The van der Waals surface area contributed by atoms with E-state index >= 15 is 0 Å². The molecule has 6 nitrogen and oxygen atoms in total. The van der Waals surface area contributed by atoms with E-state index in [1.165, 1.54) is 30.3 Å². The highest BCUT2D eigenvalue weighted by Crippen LogP contribution is 2.35. The SMILES string of the molecule is Cc1ccc(N2C(=O)C(Cl)=C(Nc3cccc(C(=O)Nc4cc(C(F)(F)F)ccc4Cl)c3)C2=O)cc1Cl. The van der Waals surface area contributed by atoms with Crippen molar-refractivity contribution in [2.24, 2.45) is 0 Å². The van der Waals surface area contributed by atoms with Crippen molar-refractivity contribution in [1.29, 1.82) is 0 Å². The fraction of sp³-hybridized carbons (Fsp3) is 0.0800. The molecule has 1 heterocycles. The maximum absolute atomic E-state index is 13.0. The van der Waals surface area contributed by atoms with E-state index in [9.17, 15) is 27.6 Å². The summed E-state index contributed by atoms with van der Waals surface area (Å²) >= 11 is 18.2. The van der Waals surface area contributed by atoms with Crippen LogP contribution in [0.25, 0.3) is 0 Å². The fourth-order valence-electron chi connectivity index (χ4n) is 3.44. The van der Waals surface area contributed by atoms with Gasteiger partial charge in [-0.3, -0.25) is 14.4 Å². The first kappa shape index (κ1) is 26.5. The summed E-state index contributed by atoms with van der Waals surface area (Å²) in [7, 11) is 0. The molecule has 1 aliphatic heterocycles. The molecule has 0 bridgehead atoms. The van der Waals surface area contributed by atoms with Crippen molar-refractivity contribution in [2.75, 3.05) is 15.5 Å². The van der Waals surface area contributed by atoms with Crippen molar-refractivity contribution in [2.45, 2.75) is 13.1 Å². The van der Waals surface area contributed by atoms with Gasteiger partial charge in [-0.2, -0.15) is 13.2 Å². The van der Waals surface area contributed by atoms with Crippen LogP contribution in [0.15, 0.2) is 71.4 Å². The molecule has 0 radical (unpaired) electrons. The highest BCUT2D eigenvalue weighted by molar-refractivity contribution is 6.53. The molecule has 0 aliphatic carbocycles. The number of anilines is 3. The lowest BCUT2D eigenvalue weighted by atomic mass is 10.1. The first-order valence-electron chi connectivity index (χ1n) is 10.5. The number of aryl methyl sites for hydroxylation is 1. The lowest BCUT2D eigenvalue weighted by molar-refractivity contribution is -0.137. The Balaban J connectivity index is 1.55. The van der Waals surface area contributed by atoms with E-state index in [1.54, 1.807) is 19.1 Å². The molecule has 4 rings (SSSR count). The molecule has 0 spiro atoms. The summed E-state index contributed by atoms with van der Waals surface area (Å²) in [4.78, 5) is 39.3. The van der Waals surface area contributed by atoms with Gasteiger partial charge in [-0.25, -0.2) is 4.90 Å². The van der Waals surface area contributed by atoms with Crippen molar-refractivity contribution in [3.8, 4) is 0 Å². The summed E-state index contributed by atoms with van der Waals surface area (Å²) in [5.41, 5.74) is -0.186. The number of benzene rings is 3. The van der Waals surface area contributed by atoms with Gasteiger partial charge in [0.1, 0.15) is 10.7 Å².